The maximum Gasteiger partial charge on any atom is 0.0220 e. The van der Waals surface area contributed by atoms with Crippen molar-refractivity contribution < 1.29 is 0 Å². The number of likely N-dealkylation sites (N-methyl/N-ethyl adjacent to an activating group) is 2. The molecule has 0 aromatic rings. The van der Waals surface area contributed by atoms with Gasteiger partial charge in [-0.1, -0.05) is 0 Å². The molecule has 2 rings (SSSR count). The van der Waals surface area contributed by atoms with E-state index in [2.05, 4.69) is 36.1 Å². The zero-order chi connectivity index (χ0) is 13.0. The minimum absolute atomic E-state index is 0.722. The van der Waals surface area contributed by atoms with Gasteiger partial charge in [0.1, 0.15) is 0 Å². The number of hydrogen-bond donors (Lipinski definition) is 1. The first-order chi connectivity index (χ1) is 8.66. The van der Waals surface area contributed by atoms with Gasteiger partial charge in [-0.05, 0) is 72.6 Å². The van der Waals surface area contributed by atoms with Gasteiger partial charge in [-0.3, -0.25) is 0 Å². The van der Waals surface area contributed by atoms with E-state index in [1.165, 1.54) is 58.2 Å². The maximum absolute atomic E-state index is 3.60. The Morgan fingerprint density at radius 2 is 2.11 bits per heavy atom. The summed E-state index contributed by atoms with van der Waals surface area (Å²) in [6, 6.07) is 2.38. The highest BCUT2D eigenvalue weighted by Crippen LogP contribution is 2.19. The molecule has 2 atom stereocenters. The topological polar surface area (TPSA) is 18.5 Å². The molecule has 18 heavy (non-hydrogen) atoms. The third kappa shape index (κ3) is 4.52. The Labute approximate surface area is 113 Å². The average molecular weight is 253 g/mol. The molecular formula is C15H31N3. The summed E-state index contributed by atoms with van der Waals surface area (Å²) < 4.78 is 0. The Kier molecular flexibility index (Phi) is 5.46. The van der Waals surface area contributed by atoms with E-state index in [1.54, 1.807) is 0 Å². The molecule has 2 fully saturated rings. The Hall–Kier alpha value is -0.120. The van der Waals surface area contributed by atoms with Crippen molar-refractivity contribution in [2.24, 2.45) is 0 Å². The average Bonchev–Trinajstić information content (AvgIpc) is 3.09. The summed E-state index contributed by atoms with van der Waals surface area (Å²) in [6.07, 6.45) is 8.23. The summed E-state index contributed by atoms with van der Waals surface area (Å²) in [5.41, 5.74) is 0. The SMILES string of the molecule is CC(CCCNC1CC1)N(C)CC1CCCN1C. The normalized spacial score (nSPS) is 27.0. The predicted molar refractivity (Wildman–Crippen MR) is 78.0 cm³/mol. The van der Waals surface area contributed by atoms with E-state index in [0.717, 1.165) is 18.1 Å². The molecule has 106 valence electrons. The molecular weight excluding hydrogens is 222 g/mol. The largest absolute Gasteiger partial charge is 0.314 e. The Morgan fingerprint density at radius 1 is 1.33 bits per heavy atom. The standard InChI is InChI=1S/C15H31N3/c1-13(6-4-10-16-14-8-9-14)18(3)12-15-7-5-11-17(15)2/h13-16H,4-12H2,1-3H3. The minimum atomic E-state index is 0.722. The van der Waals surface area contributed by atoms with Crippen LogP contribution in [0.4, 0.5) is 0 Å². The lowest BCUT2D eigenvalue weighted by molar-refractivity contribution is 0.177. The van der Waals surface area contributed by atoms with Crippen LogP contribution in [0.2, 0.25) is 0 Å². The van der Waals surface area contributed by atoms with Crippen molar-refractivity contribution >= 4 is 0 Å². The first kappa shape index (κ1) is 14.3. The van der Waals surface area contributed by atoms with Crippen LogP contribution in [0.1, 0.15) is 45.4 Å². The van der Waals surface area contributed by atoms with E-state index in [4.69, 9.17) is 0 Å². The molecule has 0 amide bonds. The van der Waals surface area contributed by atoms with Crippen LogP contribution in [0, 0.1) is 0 Å². The van der Waals surface area contributed by atoms with Crippen molar-refractivity contribution in [1.82, 2.24) is 15.1 Å². The third-order valence-electron chi connectivity index (χ3n) is 4.73. The number of nitrogens with zero attached hydrogens (tertiary/aromatic N) is 2. The second kappa shape index (κ2) is 6.88. The predicted octanol–water partition coefficient (Wildman–Crippen LogP) is 1.93. The summed E-state index contributed by atoms with van der Waals surface area (Å²) in [7, 11) is 4.57. The van der Waals surface area contributed by atoms with Crippen molar-refractivity contribution in [2.75, 3.05) is 33.7 Å². The van der Waals surface area contributed by atoms with Gasteiger partial charge in [-0.15, -0.1) is 0 Å². The van der Waals surface area contributed by atoms with E-state index in [1.807, 2.05) is 0 Å². The van der Waals surface area contributed by atoms with Gasteiger partial charge in [0.05, 0.1) is 0 Å². The van der Waals surface area contributed by atoms with Crippen molar-refractivity contribution in [1.29, 1.82) is 0 Å². The van der Waals surface area contributed by atoms with E-state index in [9.17, 15) is 0 Å². The van der Waals surface area contributed by atoms with Gasteiger partial charge in [-0.25, -0.2) is 0 Å². The summed E-state index contributed by atoms with van der Waals surface area (Å²) >= 11 is 0. The van der Waals surface area contributed by atoms with Gasteiger partial charge in [0.15, 0.2) is 0 Å². The van der Waals surface area contributed by atoms with Crippen molar-refractivity contribution in [3.8, 4) is 0 Å². The number of likely N-dealkylation sites (tertiary alicyclic amines) is 1. The van der Waals surface area contributed by atoms with Crippen LogP contribution in [-0.2, 0) is 0 Å². The van der Waals surface area contributed by atoms with Crippen molar-refractivity contribution in [2.45, 2.75) is 63.6 Å². The molecule has 1 saturated heterocycles. The fraction of sp³-hybridized carbons (Fsp3) is 1.00. The molecule has 1 heterocycles. The highest BCUT2D eigenvalue weighted by Gasteiger charge is 2.23. The monoisotopic (exact) mass is 253 g/mol. The van der Waals surface area contributed by atoms with Gasteiger partial charge in [-0.2, -0.15) is 0 Å². The highest BCUT2D eigenvalue weighted by atomic mass is 15.2. The van der Waals surface area contributed by atoms with Gasteiger partial charge < -0.3 is 15.1 Å². The molecule has 1 N–H and O–H groups in total. The number of nitrogens with one attached hydrogen (secondary N) is 1. The van der Waals surface area contributed by atoms with Crippen LogP contribution >= 0.6 is 0 Å². The smallest absolute Gasteiger partial charge is 0.0220 e. The highest BCUT2D eigenvalue weighted by molar-refractivity contribution is 4.82. The lowest BCUT2D eigenvalue weighted by Crippen LogP contribution is -2.40. The zero-order valence-electron chi connectivity index (χ0n) is 12.5. The molecule has 3 nitrogen and oxygen atoms in total. The van der Waals surface area contributed by atoms with E-state index < -0.39 is 0 Å². The molecule has 0 aromatic carbocycles. The summed E-state index contributed by atoms with van der Waals surface area (Å²) in [5.74, 6) is 0. The molecule has 1 aliphatic heterocycles. The Bertz CT molecular complexity index is 240. The summed E-state index contributed by atoms with van der Waals surface area (Å²) in [6.45, 7) is 6.13. The molecule has 1 aliphatic carbocycles. The Morgan fingerprint density at radius 3 is 2.72 bits per heavy atom. The molecule has 2 aliphatic rings. The fourth-order valence-corrected chi connectivity index (χ4v) is 2.93. The maximum atomic E-state index is 3.60. The molecule has 0 radical (unpaired) electrons. The van der Waals surface area contributed by atoms with E-state index in [-0.39, 0.29) is 0 Å². The van der Waals surface area contributed by atoms with Crippen LogP contribution in [0.3, 0.4) is 0 Å². The summed E-state index contributed by atoms with van der Waals surface area (Å²) in [5, 5.41) is 3.60. The molecule has 1 saturated carbocycles. The van der Waals surface area contributed by atoms with Crippen LogP contribution in [0.15, 0.2) is 0 Å². The van der Waals surface area contributed by atoms with Crippen molar-refractivity contribution in [3.63, 3.8) is 0 Å². The van der Waals surface area contributed by atoms with Crippen molar-refractivity contribution in [3.05, 3.63) is 0 Å². The second-order valence-corrected chi connectivity index (χ2v) is 6.44. The van der Waals surface area contributed by atoms with E-state index in [0.29, 0.717) is 0 Å². The lowest BCUT2D eigenvalue weighted by Gasteiger charge is -2.30. The van der Waals surface area contributed by atoms with Crippen LogP contribution < -0.4 is 5.32 Å². The quantitative estimate of drug-likeness (QED) is 0.667. The number of rotatable bonds is 8. The number of hydrogen-bond acceptors (Lipinski definition) is 3. The van der Waals surface area contributed by atoms with E-state index >= 15 is 0 Å². The molecule has 2 unspecified atom stereocenters. The van der Waals surface area contributed by atoms with Gasteiger partial charge in [0.25, 0.3) is 0 Å². The lowest BCUT2D eigenvalue weighted by atomic mass is 10.1. The molecule has 0 aromatic heterocycles. The minimum Gasteiger partial charge on any atom is -0.314 e. The molecule has 0 spiro atoms. The van der Waals surface area contributed by atoms with Crippen LogP contribution in [0.25, 0.3) is 0 Å². The summed E-state index contributed by atoms with van der Waals surface area (Å²) in [4.78, 5) is 5.08. The molecule has 0 bridgehead atoms. The van der Waals surface area contributed by atoms with Crippen LogP contribution in [0.5, 0.6) is 0 Å². The second-order valence-electron chi connectivity index (χ2n) is 6.44. The Balaban J connectivity index is 1.56. The van der Waals surface area contributed by atoms with Crippen LogP contribution in [-0.4, -0.2) is 61.7 Å². The first-order valence-corrected chi connectivity index (χ1v) is 7.80. The van der Waals surface area contributed by atoms with Gasteiger partial charge in [0, 0.05) is 24.7 Å². The zero-order valence-corrected chi connectivity index (χ0v) is 12.5. The molecule has 3 heteroatoms. The van der Waals surface area contributed by atoms with Gasteiger partial charge >= 0.3 is 0 Å². The first-order valence-electron chi connectivity index (χ1n) is 7.80. The third-order valence-corrected chi connectivity index (χ3v) is 4.73. The van der Waals surface area contributed by atoms with Gasteiger partial charge in [0.2, 0.25) is 0 Å². The fourth-order valence-electron chi connectivity index (χ4n) is 2.93.